The third-order valence-corrected chi connectivity index (χ3v) is 14.2. The Morgan fingerprint density at radius 2 is 1.57 bits per heavy atom. The number of imide groups is 2. The Morgan fingerprint density at radius 3 is 2.27 bits per heavy atom. The quantitative estimate of drug-likeness (QED) is 0.121. The van der Waals surface area contributed by atoms with E-state index in [2.05, 4.69) is 37.2 Å². The number of aromatic nitrogens is 2. The number of nitrogens with one attached hydrogen (secondary N) is 1. The number of fused-ring (bicyclic) bond motifs is 2. The van der Waals surface area contributed by atoms with Gasteiger partial charge in [-0.3, -0.25) is 39.1 Å². The lowest BCUT2D eigenvalue weighted by Gasteiger charge is -2.38. The molecule has 4 aromatic carbocycles. The summed E-state index contributed by atoms with van der Waals surface area (Å²) in [5.74, 6) is 1.54. The molecule has 5 aromatic rings. The van der Waals surface area contributed by atoms with Crippen molar-refractivity contribution in [3.63, 3.8) is 0 Å². The Morgan fingerprint density at radius 1 is 0.821 bits per heavy atom. The SMILES string of the molecule is CCOc1cc([C@@H](CS(C)(=O)=O)N2C(=O)c3cccc(N4CCC(CCN5CCN(c6ccc(Oc7ccc8c(N9CCC(=O)NC9=O)nn(C)c8c7)cc6)CC5)CC4)c3C2=O)ccc1OC. The molecule has 0 spiro atoms. The predicted octanol–water partition coefficient (Wildman–Crippen LogP) is 6.03. The molecule has 17 nitrogen and oxygen atoms in total. The maximum atomic E-state index is 14.3. The van der Waals surface area contributed by atoms with Crippen LogP contribution in [0.1, 0.15) is 64.9 Å². The van der Waals surface area contributed by atoms with Crippen LogP contribution in [0.25, 0.3) is 10.9 Å². The van der Waals surface area contributed by atoms with Gasteiger partial charge in [-0.05, 0) is 105 Å². The highest BCUT2D eigenvalue weighted by Crippen LogP contribution is 2.41. The first-order valence-electron chi connectivity index (χ1n) is 22.9. The van der Waals surface area contributed by atoms with Crippen molar-refractivity contribution in [2.75, 3.05) is 92.8 Å². The van der Waals surface area contributed by atoms with Crippen LogP contribution in [0.15, 0.2) is 78.9 Å². The molecule has 9 rings (SSSR count). The van der Waals surface area contributed by atoms with E-state index in [4.69, 9.17) is 14.2 Å². The minimum atomic E-state index is -3.62. The molecular formula is C49H56N8O9S. The molecule has 0 bridgehead atoms. The summed E-state index contributed by atoms with van der Waals surface area (Å²) in [6.45, 7) is 8.73. The Balaban J connectivity index is 0.765. The van der Waals surface area contributed by atoms with Gasteiger partial charge in [0, 0.05) is 82.7 Å². The smallest absolute Gasteiger partial charge is 0.329 e. The van der Waals surface area contributed by atoms with E-state index in [1.165, 1.54) is 12.0 Å². The fraction of sp³-hybridized carbons (Fsp3) is 0.408. The number of anilines is 3. The number of aryl methyl sites for hydroxylation is 1. The van der Waals surface area contributed by atoms with Crippen molar-refractivity contribution in [3.05, 3.63) is 95.6 Å². The van der Waals surface area contributed by atoms with Crippen LogP contribution in [-0.4, -0.2) is 130 Å². The molecule has 3 fully saturated rings. The van der Waals surface area contributed by atoms with Gasteiger partial charge in [-0.25, -0.2) is 13.2 Å². The molecule has 4 aliphatic heterocycles. The van der Waals surface area contributed by atoms with Crippen molar-refractivity contribution in [1.82, 2.24) is 24.9 Å². The number of sulfone groups is 1. The molecule has 3 saturated heterocycles. The molecule has 4 aliphatic rings. The first-order chi connectivity index (χ1) is 32.3. The van der Waals surface area contributed by atoms with Gasteiger partial charge in [0.15, 0.2) is 17.3 Å². The number of urea groups is 1. The largest absolute Gasteiger partial charge is 0.493 e. The van der Waals surface area contributed by atoms with E-state index in [1.54, 1.807) is 35.0 Å². The Bertz CT molecular complexity index is 2820. The number of carbonyl (C=O) groups excluding carboxylic acids is 4. The van der Waals surface area contributed by atoms with Gasteiger partial charge in [-0.2, -0.15) is 5.10 Å². The van der Waals surface area contributed by atoms with Crippen LogP contribution in [0.5, 0.6) is 23.0 Å². The first-order valence-corrected chi connectivity index (χ1v) is 24.9. The molecule has 1 atom stereocenters. The van der Waals surface area contributed by atoms with E-state index in [9.17, 15) is 27.6 Å². The van der Waals surface area contributed by atoms with Crippen molar-refractivity contribution in [2.45, 2.75) is 38.6 Å². The Labute approximate surface area is 390 Å². The highest BCUT2D eigenvalue weighted by molar-refractivity contribution is 7.90. The lowest BCUT2D eigenvalue weighted by molar-refractivity contribution is -0.120. The average molecular weight is 933 g/mol. The van der Waals surface area contributed by atoms with Crippen LogP contribution >= 0.6 is 0 Å². The van der Waals surface area contributed by atoms with Gasteiger partial charge >= 0.3 is 6.03 Å². The molecule has 352 valence electrons. The van der Waals surface area contributed by atoms with Crippen LogP contribution in [0.3, 0.4) is 0 Å². The van der Waals surface area contributed by atoms with Gasteiger partial charge in [0.2, 0.25) is 5.91 Å². The number of rotatable bonds is 15. The maximum Gasteiger partial charge on any atom is 0.329 e. The van der Waals surface area contributed by atoms with Crippen LogP contribution in [0.2, 0.25) is 0 Å². The van der Waals surface area contributed by atoms with Gasteiger partial charge in [0.1, 0.15) is 21.3 Å². The summed E-state index contributed by atoms with van der Waals surface area (Å²) in [7, 11) is -0.296. The Kier molecular flexibility index (Phi) is 12.8. The second-order valence-corrected chi connectivity index (χ2v) is 19.8. The second-order valence-electron chi connectivity index (χ2n) is 17.7. The number of piperazine rings is 1. The van der Waals surface area contributed by atoms with E-state index in [1.807, 2.05) is 50.4 Å². The van der Waals surface area contributed by atoms with Gasteiger partial charge < -0.3 is 24.0 Å². The summed E-state index contributed by atoms with van der Waals surface area (Å²) >= 11 is 0. The second kappa shape index (κ2) is 18.9. The van der Waals surface area contributed by atoms with Crippen molar-refractivity contribution in [3.8, 4) is 23.0 Å². The molecule has 0 aliphatic carbocycles. The van der Waals surface area contributed by atoms with Crippen LogP contribution in [0.4, 0.5) is 22.0 Å². The zero-order valence-corrected chi connectivity index (χ0v) is 39.1. The van der Waals surface area contributed by atoms with E-state index < -0.39 is 39.5 Å². The number of ether oxygens (including phenoxy) is 3. The number of carbonyl (C=O) groups is 4. The third-order valence-electron chi connectivity index (χ3n) is 13.3. The van der Waals surface area contributed by atoms with Crippen molar-refractivity contribution in [2.24, 2.45) is 13.0 Å². The highest BCUT2D eigenvalue weighted by atomic mass is 32.2. The van der Waals surface area contributed by atoms with Crippen LogP contribution in [0, 0.1) is 5.92 Å². The zero-order chi connectivity index (χ0) is 47.0. The monoisotopic (exact) mass is 932 g/mol. The number of hydrogen-bond donors (Lipinski definition) is 1. The standard InChI is InChI=1S/C49H56N8O9S/c1-5-65-43-29-33(9-16-42(43)64-3)41(31-67(4,62)63)57-47(59)38-7-6-8-39(45(38)48(57)60)55-22-18-32(19-23-55)17-21-53-25-27-54(28-26-53)34-10-12-35(13-11-34)66-36-14-15-37-40(30-36)52(2)51-46(37)56-24-20-44(58)50-49(56)61/h6-16,29-30,32,41H,5,17-28,31H2,1-4H3,(H,50,58,61)/t41-/m1/s1. The number of benzene rings is 4. The van der Waals surface area contributed by atoms with Gasteiger partial charge in [0.05, 0.1) is 47.8 Å². The van der Waals surface area contributed by atoms with E-state index >= 15 is 0 Å². The van der Waals surface area contributed by atoms with Gasteiger partial charge in [-0.1, -0.05) is 12.1 Å². The number of methoxy groups -OCH3 is 1. The minimum absolute atomic E-state index is 0.223. The van der Waals surface area contributed by atoms with Crippen molar-refractivity contribution in [1.29, 1.82) is 0 Å². The summed E-state index contributed by atoms with van der Waals surface area (Å²) in [6, 6.07) is 22.6. The fourth-order valence-electron chi connectivity index (χ4n) is 9.77. The van der Waals surface area contributed by atoms with E-state index in [0.717, 1.165) is 92.8 Å². The summed E-state index contributed by atoms with van der Waals surface area (Å²) in [6.07, 6.45) is 4.34. The molecular weight excluding hydrogens is 877 g/mol. The van der Waals surface area contributed by atoms with Crippen LogP contribution < -0.4 is 34.2 Å². The average Bonchev–Trinajstić information content (AvgIpc) is 3.78. The number of piperidine rings is 1. The normalized spacial score (nSPS) is 17.9. The minimum Gasteiger partial charge on any atom is -0.493 e. The Hall–Kier alpha value is -6.66. The summed E-state index contributed by atoms with van der Waals surface area (Å²) in [5, 5.41) is 7.71. The molecule has 0 saturated carbocycles. The molecule has 5 heterocycles. The molecule has 18 heteroatoms. The number of nitrogens with zero attached hydrogens (tertiary/aromatic N) is 7. The number of amides is 5. The third kappa shape index (κ3) is 9.50. The summed E-state index contributed by atoms with van der Waals surface area (Å²) < 4.78 is 44.6. The van der Waals surface area contributed by atoms with Crippen LogP contribution in [-0.2, 0) is 21.7 Å². The predicted molar refractivity (Wildman–Crippen MR) is 254 cm³/mol. The zero-order valence-electron chi connectivity index (χ0n) is 38.3. The lowest BCUT2D eigenvalue weighted by atomic mass is 9.92. The van der Waals surface area contributed by atoms with Gasteiger partial charge in [-0.15, -0.1) is 0 Å². The molecule has 1 aromatic heterocycles. The molecule has 1 N–H and O–H groups in total. The molecule has 67 heavy (non-hydrogen) atoms. The topological polar surface area (TPSA) is 176 Å². The number of hydrogen-bond acceptors (Lipinski definition) is 13. The fourth-order valence-corrected chi connectivity index (χ4v) is 10.7. The summed E-state index contributed by atoms with van der Waals surface area (Å²) in [4.78, 5) is 62.2. The lowest BCUT2D eigenvalue weighted by Crippen LogP contribution is -2.49. The van der Waals surface area contributed by atoms with Crippen molar-refractivity contribution >= 4 is 61.7 Å². The van der Waals surface area contributed by atoms with E-state index in [0.29, 0.717) is 58.2 Å². The molecule has 5 amide bonds. The molecule has 0 unspecified atom stereocenters. The maximum absolute atomic E-state index is 14.3. The highest BCUT2D eigenvalue weighted by Gasteiger charge is 2.44. The van der Waals surface area contributed by atoms with Crippen molar-refractivity contribution < 1.29 is 41.8 Å². The molecule has 0 radical (unpaired) electrons. The van der Waals surface area contributed by atoms with Gasteiger partial charge in [0.25, 0.3) is 11.8 Å². The van der Waals surface area contributed by atoms with E-state index in [-0.39, 0.29) is 24.4 Å². The first kappa shape index (κ1) is 45.5. The summed E-state index contributed by atoms with van der Waals surface area (Å²) in [5.41, 5.74) is 3.74.